The lowest BCUT2D eigenvalue weighted by molar-refractivity contribution is 0.0692. The van der Waals surface area contributed by atoms with Crippen LogP contribution in [0.3, 0.4) is 0 Å². The van der Waals surface area contributed by atoms with E-state index in [9.17, 15) is 14.3 Å². The number of phenolic OH excluding ortho intramolecular Hbond substituents is 1. The van der Waals surface area contributed by atoms with Crippen LogP contribution in [0.5, 0.6) is 5.75 Å². The van der Waals surface area contributed by atoms with E-state index in [2.05, 4.69) is 17.5 Å². The van der Waals surface area contributed by atoms with E-state index < -0.39 is 23.1 Å². The molecule has 0 bridgehead atoms. The molecule has 0 saturated heterocycles. The summed E-state index contributed by atoms with van der Waals surface area (Å²) in [5.41, 5.74) is 4.49. The van der Waals surface area contributed by atoms with Crippen LogP contribution < -0.4 is 11.1 Å². The number of nitrogens with one attached hydrogen (secondary N) is 1. The first-order valence-electron chi connectivity index (χ1n) is 3.74. The van der Waals surface area contributed by atoms with Crippen molar-refractivity contribution in [1.82, 2.24) is 0 Å². The number of hydrogen-bond donors (Lipinski definition) is 4. The van der Waals surface area contributed by atoms with Gasteiger partial charge in [0, 0.05) is 6.07 Å². The highest BCUT2D eigenvalue weighted by Gasteiger charge is 2.14. The molecule has 0 aliphatic heterocycles. The van der Waals surface area contributed by atoms with Crippen LogP contribution in [0.1, 0.15) is 10.4 Å². The first-order valence-corrected chi connectivity index (χ1v) is 4.15. The zero-order valence-electron chi connectivity index (χ0n) is 7.32. The van der Waals surface area contributed by atoms with Crippen molar-refractivity contribution in [3.63, 3.8) is 0 Å². The molecule has 0 saturated carbocycles. The number of hydrogen-bond acceptors (Lipinski definition) is 3. The number of thiocarbonyl (C=S) groups is 1. The zero-order valence-corrected chi connectivity index (χ0v) is 8.14. The molecule has 0 radical (unpaired) electrons. The SMILES string of the molecule is NC(=S)Nc1cc(C(=O)O)c(F)cc1O. The van der Waals surface area contributed by atoms with Crippen LogP contribution in [-0.4, -0.2) is 21.3 Å². The van der Waals surface area contributed by atoms with Crippen molar-refractivity contribution in [3.8, 4) is 5.75 Å². The van der Waals surface area contributed by atoms with E-state index >= 15 is 0 Å². The van der Waals surface area contributed by atoms with Crippen LogP contribution in [0.25, 0.3) is 0 Å². The van der Waals surface area contributed by atoms with Crippen molar-refractivity contribution < 1.29 is 19.4 Å². The smallest absolute Gasteiger partial charge is 0.338 e. The van der Waals surface area contributed by atoms with E-state index in [0.29, 0.717) is 6.07 Å². The minimum Gasteiger partial charge on any atom is -0.506 e. The molecular weight excluding hydrogens is 223 g/mol. The molecule has 0 unspecified atom stereocenters. The van der Waals surface area contributed by atoms with Gasteiger partial charge in [-0.3, -0.25) is 0 Å². The highest BCUT2D eigenvalue weighted by molar-refractivity contribution is 7.80. The second-order valence-electron chi connectivity index (χ2n) is 2.64. The summed E-state index contributed by atoms with van der Waals surface area (Å²) in [4.78, 5) is 10.6. The Morgan fingerprint density at radius 2 is 2.13 bits per heavy atom. The number of benzene rings is 1. The number of nitrogens with two attached hydrogens (primary N) is 1. The quantitative estimate of drug-likeness (QED) is 0.445. The maximum atomic E-state index is 13.0. The molecule has 0 heterocycles. The van der Waals surface area contributed by atoms with Gasteiger partial charge in [-0.05, 0) is 18.3 Å². The second-order valence-corrected chi connectivity index (χ2v) is 3.08. The molecule has 0 aliphatic carbocycles. The van der Waals surface area contributed by atoms with E-state index in [1.807, 2.05) is 0 Å². The number of halogens is 1. The molecule has 0 fully saturated rings. The fourth-order valence-corrected chi connectivity index (χ4v) is 1.07. The normalized spacial score (nSPS) is 9.67. The summed E-state index contributed by atoms with van der Waals surface area (Å²) in [6.07, 6.45) is 0. The van der Waals surface area contributed by atoms with Gasteiger partial charge in [0.15, 0.2) is 5.11 Å². The Kier molecular flexibility index (Phi) is 3.05. The maximum absolute atomic E-state index is 13.0. The number of rotatable bonds is 2. The summed E-state index contributed by atoms with van der Waals surface area (Å²) in [6.45, 7) is 0. The largest absolute Gasteiger partial charge is 0.506 e. The minimum atomic E-state index is -1.45. The summed E-state index contributed by atoms with van der Waals surface area (Å²) in [7, 11) is 0. The number of carboxylic acids is 1. The van der Waals surface area contributed by atoms with Crippen molar-refractivity contribution >= 4 is 29.0 Å². The molecule has 1 rings (SSSR count). The fourth-order valence-electron chi connectivity index (χ4n) is 0.960. The molecule has 0 amide bonds. The van der Waals surface area contributed by atoms with Gasteiger partial charge in [0.05, 0.1) is 11.3 Å². The van der Waals surface area contributed by atoms with Crippen LogP contribution in [0.4, 0.5) is 10.1 Å². The lowest BCUT2D eigenvalue weighted by Gasteiger charge is -2.07. The first kappa shape index (κ1) is 11.2. The Balaban J connectivity index is 3.23. The molecule has 80 valence electrons. The lowest BCUT2D eigenvalue weighted by atomic mass is 10.1. The lowest BCUT2D eigenvalue weighted by Crippen LogP contribution is -2.19. The molecule has 7 heteroatoms. The Morgan fingerprint density at radius 1 is 1.53 bits per heavy atom. The molecule has 0 aromatic heterocycles. The number of carboxylic acid groups (broad SMARTS) is 1. The van der Waals surface area contributed by atoms with Crippen LogP contribution >= 0.6 is 12.2 Å². The summed E-state index contributed by atoms with van der Waals surface area (Å²) >= 11 is 4.49. The van der Waals surface area contributed by atoms with Crippen molar-refractivity contribution in [2.24, 2.45) is 5.73 Å². The molecule has 0 aliphatic rings. The number of anilines is 1. The van der Waals surface area contributed by atoms with E-state index in [-0.39, 0.29) is 10.8 Å². The van der Waals surface area contributed by atoms with Crippen LogP contribution in [0, 0.1) is 5.82 Å². The van der Waals surface area contributed by atoms with Crippen molar-refractivity contribution in [2.45, 2.75) is 0 Å². The van der Waals surface area contributed by atoms with Gasteiger partial charge in [-0.15, -0.1) is 0 Å². The zero-order chi connectivity index (χ0) is 11.6. The third-order valence-corrected chi connectivity index (χ3v) is 1.68. The Bertz CT molecular complexity index is 436. The highest BCUT2D eigenvalue weighted by Crippen LogP contribution is 2.26. The molecule has 1 aromatic carbocycles. The summed E-state index contributed by atoms with van der Waals surface area (Å²) < 4.78 is 13.0. The monoisotopic (exact) mass is 230 g/mol. The summed E-state index contributed by atoms with van der Waals surface area (Å²) in [5.74, 6) is -2.95. The number of phenols is 1. The Hall–Kier alpha value is -1.89. The van der Waals surface area contributed by atoms with Gasteiger partial charge >= 0.3 is 5.97 Å². The minimum absolute atomic E-state index is 0.0544. The predicted molar refractivity (Wildman–Crippen MR) is 55.4 cm³/mol. The van der Waals surface area contributed by atoms with Crippen molar-refractivity contribution in [3.05, 3.63) is 23.5 Å². The highest BCUT2D eigenvalue weighted by atomic mass is 32.1. The van der Waals surface area contributed by atoms with Gasteiger partial charge in [-0.25, -0.2) is 9.18 Å². The average molecular weight is 230 g/mol. The van der Waals surface area contributed by atoms with Gasteiger partial charge in [-0.1, -0.05) is 0 Å². The van der Waals surface area contributed by atoms with Gasteiger partial charge in [0.25, 0.3) is 0 Å². The number of aromatic hydroxyl groups is 1. The number of carbonyl (C=O) groups is 1. The number of aromatic carboxylic acids is 1. The van der Waals surface area contributed by atoms with Crippen molar-refractivity contribution in [1.29, 1.82) is 0 Å². The average Bonchev–Trinajstić information content (AvgIpc) is 2.08. The van der Waals surface area contributed by atoms with E-state index in [1.54, 1.807) is 0 Å². The molecule has 5 nitrogen and oxygen atoms in total. The summed E-state index contributed by atoms with van der Waals surface area (Å²) in [6, 6.07) is 1.58. The van der Waals surface area contributed by atoms with Crippen LogP contribution in [-0.2, 0) is 0 Å². The molecule has 15 heavy (non-hydrogen) atoms. The van der Waals surface area contributed by atoms with Gasteiger partial charge in [0.1, 0.15) is 11.6 Å². The maximum Gasteiger partial charge on any atom is 0.338 e. The third-order valence-electron chi connectivity index (χ3n) is 1.57. The standard InChI is InChI=1S/C8H7FN2O3S/c9-4-2-6(12)5(11-8(10)15)1-3(4)7(13)14/h1-2,12H,(H,13,14)(H3,10,11,15). The molecular formula is C8H7FN2O3S. The van der Waals surface area contributed by atoms with Crippen molar-refractivity contribution in [2.75, 3.05) is 5.32 Å². The molecule has 0 spiro atoms. The van der Waals surface area contributed by atoms with Gasteiger partial charge in [0.2, 0.25) is 0 Å². The topological polar surface area (TPSA) is 95.6 Å². The molecule has 0 atom stereocenters. The van der Waals surface area contributed by atoms with E-state index in [4.69, 9.17) is 10.8 Å². The Labute approximate surface area is 89.3 Å². The molecule has 1 aromatic rings. The molecule has 5 N–H and O–H groups in total. The second kappa shape index (κ2) is 4.09. The van der Waals surface area contributed by atoms with E-state index in [0.717, 1.165) is 6.07 Å². The fraction of sp³-hybridized carbons (Fsp3) is 0. The van der Waals surface area contributed by atoms with Crippen LogP contribution in [0.2, 0.25) is 0 Å². The predicted octanol–water partition coefficient (Wildman–Crippen LogP) is 0.885. The summed E-state index contributed by atoms with van der Waals surface area (Å²) in [5, 5.41) is 20.0. The van der Waals surface area contributed by atoms with Gasteiger partial charge < -0.3 is 21.3 Å². The van der Waals surface area contributed by atoms with E-state index in [1.165, 1.54) is 0 Å². The van der Waals surface area contributed by atoms with Gasteiger partial charge in [-0.2, -0.15) is 0 Å². The Morgan fingerprint density at radius 3 is 2.60 bits per heavy atom. The van der Waals surface area contributed by atoms with Crippen LogP contribution in [0.15, 0.2) is 12.1 Å². The third kappa shape index (κ3) is 2.53. The first-order chi connectivity index (χ1) is 6.91.